The first-order chi connectivity index (χ1) is 8.69. The molecule has 1 amide bonds. The van der Waals surface area contributed by atoms with E-state index >= 15 is 0 Å². The van der Waals surface area contributed by atoms with Gasteiger partial charge in [-0.05, 0) is 13.0 Å². The number of aryl methyl sites for hydroxylation is 1. The smallest absolute Gasteiger partial charge is 0.241 e. The Hall–Kier alpha value is -1.94. The molecule has 1 aromatic carbocycles. The van der Waals surface area contributed by atoms with Gasteiger partial charge >= 0.3 is 0 Å². The van der Waals surface area contributed by atoms with Gasteiger partial charge in [-0.25, -0.2) is 9.97 Å². The van der Waals surface area contributed by atoms with Crippen LogP contribution in [-0.4, -0.2) is 21.8 Å². The fraction of sp³-hybridized carbons (Fsp3) is 0.154. The lowest BCUT2D eigenvalue weighted by atomic mass is 10.1. The first-order valence-electron chi connectivity index (χ1n) is 5.45. The van der Waals surface area contributed by atoms with E-state index in [0.29, 0.717) is 0 Å². The molecule has 2 aromatic rings. The molecule has 92 valence electrons. The molecular formula is C13H12ClN3O. The van der Waals surface area contributed by atoms with Crippen LogP contribution < -0.4 is 5.32 Å². The molecule has 1 N–H and O–H groups in total. The normalized spacial score (nSPS) is 10.1. The third kappa shape index (κ3) is 3.05. The fourth-order valence-corrected chi connectivity index (χ4v) is 1.53. The molecular weight excluding hydrogens is 250 g/mol. The Morgan fingerprint density at radius 3 is 2.67 bits per heavy atom. The summed E-state index contributed by atoms with van der Waals surface area (Å²) >= 11 is 5.41. The molecule has 2 rings (SSSR count). The van der Waals surface area contributed by atoms with Crippen LogP contribution in [0.1, 0.15) is 5.56 Å². The molecule has 0 radical (unpaired) electrons. The quantitative estimate of drug-likeness (QED) is 0.864. The number of hydrogen-bond donors (Lipinski definition) is 1. The minimum absolute atomic E-state index is 0.113. The minimum atomic E-state index is -0.322. The number of benzene rings is 1. The van der Waals surface area contributed by atoms with Crippen molar-refractivity contribution in [3.05, 3.63) is 42.1 Å². The molecule has 1 heterocycles. The van der Waals surface area contributed by atoms with E-state index in [0.717, 1.165) is 11.3 Å². The standard InChI is InChI=1S/C13H12ClN3O/c1-9-2-4-10(5-3-9)11-6-7-15-13(16-11)17-12(18)8-14/h2-7H,8H2,1H3,(H,15,16,17,18). The predicted octanol–water partition coefficient (Wildman–Crippen LogP) is 2.63. The molecule has 0 spiro atoms. The average molecular weight is 262 g/mol. The second-order valence-electron chi connectivity index (χ2n) is 3.81. The summed E-state index contributed by atoms with van der Waals surface area (Å²) in [5.74, 6) is -0.172. The van der Waals surface area contributed by atoms with Gasteiger partial charge in [0.05, 0.1) is 5.69 Å². The number of carbonyl (C=O) groups is 1. The topological polar surface area (TPSA) is 54.9 Å². The van der Waals surface area contributed by atoms with Gasteiger partial charge in [0.25, 0.3) is 0 Å². The number of aromatic nitrogens is 2. The van der Waals surface area contributed by atoms with E-state index in [9.17, 15) is 4.79 Å². The molecule has 0 unspecified atom stereocenters. The molecule has 0 saturated carbocycles. The Labute approximate surface area is 110 Å². The van der Waals surface area contributed by atoms with Gasteiger partial charge in [-0.2, -0.15) is 0 Å². The van der Waals surface area contributed by atoms with Gasteiger partial charge < -0.3 is 0 Å². The number of amides is 1. The van der Waals surface area contributed by atoms with Crippen molar-refractivity contribution in [2.45, 2.75) is 6.92 Å². The van der Waals surface area contributed by atoms with Crippen molar-refractivity contribution < 1.29 is 4.79 Å². The van der Waals surface area contributed by atoms with Gasteiger partial charge in [-0.3, -0.25) is 10.1 Å². The summed E-state index contributed by atoms with van der Waals surface area (Å²) in [7, 11) is 0. The van der Waals surface area contributed by atoms with E-state index in [1.54, 1.807) is 12.3 Å². The zero-order chi connectivity index (χ0) is 13.0. The van der Waals surface area contributed by atoms with E-state index in [1.807, 2.05) is 31.2 Å². The lowest BCUT2D eigenvalue weighted by Crippen LogP contribution is -2.14. The molecule has 0 aliphatic rings. The number of alkyl halides is 1. The summed E-state index contributed by atoms with van der Waals surface area (Å²) in [6.07, 6.45) is 1.60. The van der Waals surface area contributed by atoms with E-state index in [1.165, 1.54) is 5.56 Å². The predicted molar refractivity (Wildman–Crippen MR) is 71.6 cm³/mol. The summed E-state index contributed by atoms with van der Waals surface area (Å²) < 4.78 is 0. The Morgan fingerprint density at radius 1 is 1.28 bits per heavy atom. The molecule has 0 atom stereocenters. The Morgan fingerprint density at radius 2 is 2.00 bits per heavy atom. The SMILES string of the molecule is Cc1ccc(-c2ccnc(NC(=O)CCl)n2)cc1. The van der Waals surface area contributed by atoms with Crippen LogP contribution >= 0.6 is 11.6 Å². The van der Waals surface area contributed by atoms with Crippen molar-refractivity contribution in [2.75, 3.05) is 11.2 Å². The average Bonchev–Trinajstić information content (AvgIpc) is 2.40. The number of carbonyl (C=O) groups excluding carboxylic acids is 1. The van der Waals surface area contributed by atoms with Crippen molar-refractivity contribution in [3.63, 3.8) is 0 Å². The van der Waals surface area contributed by atoms with Gasteiger partial charge in [-0.15, -0.1) is 11.6 Å². The van der Waals surface area contributed by atoms with Crippen LogP contribution in [0, 0.1) is 6.92 Å². The molecule has 0 aliphatic heterocycles. The first kappa shape index (κ1) is 12.5. The van der Waals surface area contributed by atoms with Crippen LogP contribution in [0.4, 0.5) is 5.95 Å². The second kappa shape index (κ2) is 5.60. The zero-order valence-corrected chi connectivity index (χ0v) is 10.6. The summed E-state index contributed by atoms with van der Waals surface area (Å²) in [5, 5.41) is 2.52. The molecule has 0 aliphatic carbocycles. The molecule has 0 saturated heterocycles. The van der Waals surface area contributed by atoms with Crippen molar-refractivity contribution in [1.29, 1.82) is 0 Å². The van der Waals surface area contributed by atoms with Gasteiger partial charge in [0.2, 0.25) is 11.9 Å². The molecule has 1 aromatic heterocycles. The van der Waals surface area contributed by atoms with E-state index < -0.39 is 0 Å². The third-order valence-electron chi connectivity index (χ3n) is 2.38. The van der Waals surface area contributed by atoms with Crippen LogP contribution in [0.5, 0.6) is 0 Å². The van der Waals surface area contributed by atoms with E-state index in [4.69, 9.17) is 11.6 Å². The van der Waals surface area contributed by atoms with Crippen molar-refractivity contribution in [3.8, 4) is 11.3 Å². The molecule has 4 nitrogen and oxygen atoms in total. The van der Waals surface area contributed by atoms with Gasteiger partial charge in [0.15, 0.2) is 0 Å². The Balaban J connectivity index is 2.26. The number of anilines is 1. The highest BCUT2D eigenvalue weighted by atomic mass is 35.5. The number of nitrogens with zero attached hydrogens (tertiary/aromatic N) is 2. The lowest BCUT2D eigenvalue weighted by molar-refractivity contribution is -0.114. The van der Waals surface area contributed by atoms with Crippen LogP contribution in [0.2, 0.25) is 0 Å². The fourth-order valence-electron chi connectivity index (χ4n) is 1.46. The van der Waals surface area contributed by atoms with E-state index in [-0.39, 0.29) is 17.7 Å². The number of nitrogens with one attached hydrogen (secondary N) is 1. The maximum Gasteiger partial charge on any atom is 0.241 e. The number of halogens is 1. The molecule has 18 heavy (non-hydrogen) atoms. The van der Waals surface area contributed by atoms with Gasteiger partial charge in [0.1, 0.15) is 5.88 Å². The number of rotatable bonds is 3. The minimum Gasteiger partial charge on any atom is -0.293 e. The van der Waals surface area contributed by atoms with Crippen molar-refractivity contribution in [2.24, 2.45) is 0 Å². The van der Waals surface area contributed by atoms with Crippen LogP contribution in [0.25, 0.3) is 11.3 Å². The maximum atomic E-state index is 11.2. The highest BCUT2D eigenvalue weighted by Crippen LogP contribution is 2.17. The molecule has 0 bridgehead atoms. The summed E-state index contributed by atoms with van der Waals surface area (Å²) in [6.45, 7) is 2.02. The van der Waals surface area contributed by atoms with Gasteiger partial charge in [-0.1, -0.05) is 29.8 Å². The van der Waals surface area contributed by atoms with Crippen LogP contribution in [0.3, 0.4) is 0 Å². The summed E-state index contributed by atoms with van der Waals surface area (Å²) in [6, 6.07) is 9.76. The third-order valence-corrected chi connectivity index (χ3v) is 2.62. The Kier molecular flexibility index (Phi) is 3.89. The van der Waals surface area contributed by atoms with E-state index in [2.05, 4.69) is 15.3 Å². The highest BCUT2D eigenvalue weighted by molar-refractivity contribution is 6.28. The zero-order valence-electron chi connectivity index (χ0n) is 9.85. The Bertz CT molecular complexity index is 554. The lowest BCUT2D eigenvalue weighted by Gasteiger charge is -2.04. The summed E-state index contributed by atoms with van der Waals surface area (Å²) in [4.78, 5) is 19.4. The van der Waals surface area contributed by atoms with Crippen LogP contribution in [-0.2, 0) is 4.79 Å². The van der Waals surface area contributed by atoms with Crippen molar-refractivity contribution in [1.82, 2.24) is 9.97 Å². The highest BCUT2D eigenvalue weighted by Gasteiger charge is 2.05. The first-order valence-corrected chi connectivity index (χ1v) is 5.98. The van der Waals surface area contributed by atoms with Gasteiger partial charge in [0, 0.05) is 11.8 Å². The maximum absolute atomic E-state index is 11.2. The molecule has 5 heteroatoms. The largest absolute Gasteiger partial charge is 0.293 e. The summed E-state index contributed by atoms with van der Waals surface area (Å²) in [5.41, 5.74) is 2.92. The molecule has 0 fully saturated rings. The number of hydrogen-bond acceptors (Lipinski definition) is 3. The second-order valence-corrected chi connectivity index (χ2v) is 4.08. The monoisotopic (exact) mass is 261 g/mol. The van der Waals surface area contributed by atoms with Crippen molar-refractivity contribution >= 4 is 23.5 Å². The van der Waals surface area contributed by atoms with Crippen LogP contribution in [0.15, 0.2) is 36.5 Å².